The number of carbonyl (C=O) groups is 2. The maximum Gasteiger partial charge on any atom is 0.273 e. The number of amides is 2. The van der Waals surface area contributed by atoms with Gasteiger partial charge in [-0.15, -0.1) is 0 Å². The topological polar surface area (TPSA) is 78.7 Å². The number of likely N-dealkylation sites (tertiary alicyclic amines) is 2. The van der Waals surface area contributed by atoms with Gasteiger partial charge in [-0.2, -0.15) is 0 Å². The average molecular weight is 360 g/mol. The molecule has 1 N–H and O–H groups in total. The van der Waals surface area contributed by atoms with Crippen LogP contribution in [0.2, 0.25) is 0 Å². The maximum absolute atomic E-state index is 12.5. The highest BCUT2D eigenvalue weighted by molar-refractivity contribution is 5.92. The third kappa shape index (κ3) is 3.63. The summed E-state index contributed by atoms with van der Waals surface area (Å²) in [6.07, 6.45) is 4.29. The van der Waals surface area contributed by atoms with E-state index in [1.807, 2.05) is 4.90 Å². The van der Waals surface area contributed by atoms with Gasteiger partial charge in [-0.05, 0) is 31.6 Å². The number of nitrogens with zero attached hydrogens (tertiary/aromatic N) is 3. The van der Waals surface area contributed by atoms with Crippen molar-refractivity contribution < 1.29 is 14.1 Å². The highest BCUT2D eigenvalue weighted by Gasteiger charge is 2.36. The van der Waals surface area contributed by atoms with Crippen LogP contribution in [0.1, 0.15) is 61.7 Å². The lowest BCUT2D eigenvalue weighted by molar-refractivity contribution is -0.130. The summed E-state index contributed by atoms with van der Waals surface area (Å²) in [5, 5.41) is 7.09. The molecule has 2 saturated heterocycles. The van der Waals surface area contributed by atoms with E-state index in [4.69, 9.17) is 4.52 Å². The van der Waals surface area contributed by atoms with Gasteiger partial charge in [0.25, 0.3) is 5.91 Å². The molecule has 0 radical (unpaired) electrons. The molecule has 142 valence electrons. The molecule has 2 aliphatic heterocycles. The van der Waals surface area contributed by atoms with Gasteiger partial charge in [-0.25, -0.2) is 0 Å². The lowest BCUT2D eigenvalue weighted by Gasteiger charge is -2.36. The smallest absolute Gasteiger partial charge is 0.273 e. The van der Waals surface area contributed by atoms with E-state index in [0.717, 1.165) is 57.6 Å². The van der Waals surface area contributed by atoms with E-state index in [-0.39, 0.29) is 17.9 Å². The molecule has 3 heterocycles. The number of nitrogens with one attached hydrogen (secondary N) is 1. The fourth-order valence-electron chi connectivity index (χ4n) is 4.24. The van der Waals surface area contributed by atoms with Crippen LogP contribution < -0.4 is 5.32 Å². The SMILES string of the molecule is CC(=O)N1CCC(N2C[C@@H](C)[C@H](NC(=O)c3cc(C4CC4)on3)C2)CC1. The highest BCUT2D eigenvalue weighted by Crippen LogP contribution is 2.40. The van der Waals surface area contributed by atoms with Crippen LogP contribution in [-0.4, -0.2) is 65.0 Å². The van der Waals surface area contributed by atoms with E-state index < -0.39 is 0 Å². The largest absolute Gasteiger partial charge is 0.360 e. The lowest BCUT2D eigenvalue weighted by Crippen LogP contribution is -2.46. The number of carbonyl (C=O) groups excluding carboxylic acids is 2. The van der Waals surface area contributed by atoms with E-state index >= 15 is 0 Å². The Labute approximate surface area is 154 Å². The van der Waals surface area contributed by atoms with Crippen LogP contribution in [0.4, 0.5) is 0 Å². The van der Waals surface area contributed by atoms with E-state index in [1.165, 1.54) is 0 Å². The van der Waals surface area contributed by atoms with Gasteiger partial charge in [-0.1, -0.05) is 12.1 Å². The first-order valence-electron chi connectivity index (χ1n) is 9.78. The molecular formula is C19H28N4O3. The van der Waals surface area contributed by atoms with Crippen molar-refractivity contribution in [1.29, 1.82) is 0 Å². The van der Waals surface area contributed by atoms with Gasteiger partial charge in [0.1, 0.15) is 5.76 Å². The molecule has 1 aromatic rings. The van der Waals surface area contributed by atoms with Crippen LogP contribution in [0.15, 0.2) is 10.6 Å². The Morgan fingerprint density at radius 1 is 1.19 bits per heavy atom. The summed E-state index contributed by atoms with van der Waals surface area (Å²) in [6.45, 7) is 7.36. The molecule has 4 rings (SSSR count). The summed E-state index contributed by atoms with van der Waals surface area (Å²) in [4.78, 5) is 28.4. The Morgan fingerprint density at radius 2 is 1.92 bits per heavy atom. The van der Waals surface area contributed by atoms with Crippen LogP contribution in [0.5, 0.6) is 0 Å². The number of rotatable bonds is 4. The van der Waals surface area contributed by atoms with Crippen molar-refractivity contribution in [2.45, 2.75) is 57.5 Å². The minimum atomic E-state index is -0.134. The molecule has 1 saturated carbocycles. The predicted molar refractivity (Wildman–Crippen MR) is 95.7 cm³/mol. The molecule has 1 aromatic heterocycles. The van der Waals surface area contributed by atoms with Gasteiger partial charge in [0, 0.05) is 57.2 Å². The molecular weight excluding hydrogens is 332 g/mol. The molecule has 0 aromatic carbocycles. The molecule has 0 spiro atoms. The van der Waals surface area contributed by atoms with Crippen LogP contribution in [-0.2, 0) is 4.79 Å². The summed E-state index contributed by atoms with van der Waals surface area (Å²) in [5.74, 6) is 1.74. The first-order valence-corrected chi connectivity index (χ1v) is 9.78. The van der Waals surface area contributed by atoms with Gasteiger partial charge in [0.15, 0.2) is 5.69 Å². The van der Waals surface area contributed by atoms with E-state index in [1.54, 1.807) is 13.0 Å². The standard InChI is InChI=1S/C19H28N4O3/c1-12-10-23(15-5-7-22(8-6-15)13(2)24)11-17(12)20-19(25)16-9-18(26-21-16)14-3-4-14/h9,12,14-15,17H,3-8,10-11H2,1-2H3,(H,20,25)/t12-,17-/m1/s1. The first kappa shape index (κ1) is 17.5. The second-order valence-electron chi connectivity index (χ2n) is 8.14. The Hall–Kier alpha value is -1.89. The zero-order valence-corrected chi connectivity index (χ0v) is 15.6. The van der Waals surface area contributed by atoms with Gasteiger partial charge >= 0.3 is 0 Å². The molecule has 7 heteroatoms. The Bertz CT molecular complexity index is 676. The summed E-state index contributed by atoms with van der Waals surface area (Å²) < 4.78 is 5.29. The zero-order valence-electron chi connectivity index (χ0n) is 15.6. The van der Waals surface area contributed by atoms with Gasteiger partial charge < -0.3 is 14.7 Å². The highest BCUT2D eigenvalue weighted by atomic mass is 16.5. The molecule has 3 fully saturated rings. The summed E-state index contributed by atoms with van der Waals surface area (Å²) in [5.41, 5.74) is 0.396. The van der Waals surface area contributed by atoms with Crippen LogP contribution in [0.3, 0.4) is 0 Å². The van der Waals surface area contributed by atoms with Crippen molar-refractivity contribution in [3.8, 4) is 0 Å². The Kier molecular flexibility index (Phi) is 4.73. The molecule has 3 aliphatic rings. The zero-order chi connectivity index (χ0) is 18.3. The van der Waals surface area contributed by atoms with Crippen molar-refractivity contribution >= 4 is 11.8 Å². The molecule has 26 heavy (non-hydrogen) atoms. The maximum atomic E-state index is 12.5. The lowest BCUT2D eigenvalue weighted by atomic mass is 10.0. The van der Waals surface area contributed by atoms with E-state index in [9.17, 15) is 9.59 Å². The third-order valence-corrected chi connectivity index (χ3v) is 6.12. The summed E-state index contributed by atoms with van der Waals surface area (Å²) in [7, 11) is 0. The van der Waals surface area contributed by atoms with Gasteiger partial charge in [0.05, 0.1) is 0 Å². The monoisotopic (exact) mass is 360 g/mol. The molecule has 0 bridgehead atoms. The minimum Gasteiger partial charge on any atom is -0.360 e. The van der Waals surface area contributed by atoms with Crippen molar-refractivity contribution in [3.63, 3.8) is 0 Å². The second-order valence-corrected chi connectivity index (χ2v) is 8.14. The molecule has 1 aliphatic carbocycles. The average Bonchev–Trinajstić information content (AvgIpc) is 3.25. The Balaban J connectivity index is 1.30. The fourth-order valence-corrected chi connectivity index (χ4v) is 4.24. The minimum absolute atomic E-state index is 0.134. The van der Waals surface area contributed by atoms with Gasteiger partial charge in [0.2, 0.25) is 5.91 Å². The summed E-state index contributed by atoms with van der Waals surface area (Å²) >= 11 is 0. The van der Waals surface area contributed by atoms with Gasteiger partial charge in [-0.3, -0.25) is 14.5 Å². The fraction of sp³-hybridized carbons (Fsp3) is 0.737. The predicted octanol–water partition coefficient (Wildman–Crippen LogP) is 1.61. The van der Waals surface area contributed by atoms with E-state index in [2.05, 4.69) is 22.3 Å². The van der Waals surface area contributed by atoms with Crippen LogP contribution in [0.25, 0.3) is 0 Å². The van der Waals surface area contributed by atoms with Crippen molar-refractivity contribution in [2.75, 3.05) is 26.2 Å². The Morgan fingerprint density at radius 3 is 2.58 bits per heavy atom. The number of aromatic nitrogens is 1. The summed E-state index contributed by atoms with van der Waals surface area (Å²) in [6, 6.07) is 2.43. The third-order valence-electron chi connectivity index (χ3n) is 6.12. The van der Waals surface area contributed by atoms with Crippen LogP contribution >= 0.6 is 0 Å². The molecule has 2 amide bonds. The first-order chi connectivity index (χ1) is 12.5. The molecule has 2 atom stereocenters. The molecule has 0 unspecified atom stereocenters. The molecule has 7 nitrogen and oxygen atoms in total. The second kappa shape index (κ2) is 7.02. The quantitative estimate of drug-likeness (QED) is 0.883. The normalized spacial score (nSPS) is 27.7. The van der Waals surface area contributed by atoms with Crippen molar-refractivity contribution in [1.82, 2.24) is 20.3 Å². The van der Waals surface area contributed by atoms with Crippen LogP contribution in [0, 0.1) is 5.92 Å². The number of hydrogen-bond donors (Lipinski definition) is 1. The van der Waals surface area contributed by atoms with Crippen molar-refractivity contribution in [3.05, 3.63) is 17.5 Å². The number of piperidine rings is 1. The van der Waals surface area contributed by atoms with E-state index in [0.29, 0.717) is 23.6 Å². The van der Waals surface area contributed by atoms with Crippen molar-refractivity contribution in [2.24, 2.45) is 5.92 Å². The number of hydrogen-bond acceptors (Lipinski definition) is 5.